The molecule has 2 rings (SSSR count). The van der Waals surface area contributed by atoms with Crippen LogP contribution in [-0.4, -0.2) is 29.9 Å². The van der Waals surface area contributed by atoms with Crippen LogP contribution in [0.4, 0.5) is 0 Å². The number of hydrogen-bond donors (Lipinski definition) is 1. The molecule has 1 N–H and O–H groups in total. The van der Waals surface area contributed by atoms with Gasteiger partial charge in [-0.05, 0) is 56.8 Å². The van der Waals surface area contributed by atoms with Gasteiger partial charge in [0.1, 0.15) is 0 Å². The second-order valence-electron chi connectivity index (χ2n) is 6.50. The van der Waals surface area contributed by atoms with Crippen LogP contribution in [0.15, 0.2) is 24.3 Å². The maximum Gasteiger partial charge on any atom is 0.223 e. The molecule has 0 spiro atoms. The van der Waals surface area contributed by atoms with Crippen molar-refractivity contribution in [3.63, 3.8) is 0 Å². The maximum atomic E-state index is 12.3. The van der Waals surface area contributed by atoms with E-state index < -0.39 is 0 Å². The van der Waals surface area contributed by atoms with Crippen molar-refractivity contribution in [2.45, 2.75) is 59.0 Å². The largest absolute Gasteiger partial charge is 0.353 e. The van der Waals surface area contributed by atoms with Crippen molar-refractivity contribution in [2.24, 2.45) is 5.92 Å². The minimum absolute atomic E-state index is 0.203. The van der Waals surface area contributed by atoms with E-state index in [9.17, 15) is 4.79 Å². The Balaban J connectivity index is 1.80. The summed E-state index contributed by atoms with van der Waals surface area (Å²) in [5, 5.41) is 3.20. The number of hydrogen-bond acceptors (Lipinski definition) is 2. The van der Waals surface area contributed by atoms with E-state index in [1.54, 1.807) is 0 Å². The molecule has 122 valence electrons. The molecule has 3 nitrogen and oxygen atoms in total. The molecule has 0 saturated carbocycles. The van der Waals surface area contributed by atoms with Gasteiger partial charge in [0.15, 0.2) is 0 Å². The van der Waals surface area contributed by atoms with Gasteiger partial charge < -0.3 is 5.32 Å². The Morgan fingerprint density at radius 1 is 1.23 bits per heavy atom. The molecule has 1 aromatic carbocycles. The molecule has 0 unspecified atom stereocenters. The average Bonchev–Trinajstić information content (AvgIpc) is 2.55. The van der Waals surface area contributed by atoms with Crippen LogP contribution in [0.1, 0.15) is 50.7 Å². The minimum Gasteiger partial charge on any atom is -0.353 e. The Morgan fingerprint density at radius 3 is 2.45 bits per heavy atom. The molecule has 1 amide bonds. The van der Waals surface area contributed by atoms with Crippen molar-refractivity contribution in [3.8, 4) is 0 Å². The van der Waals surface area contributed by atoms with Crippen LogP contribution in [0.25, 0.3) is 0 Å². The lowest BCUT2D eigenvalue weighted by molar-refractivity contribution is -0.127. The van der Waals surface area contributed by atoms with Crippen LogP contribution in [0.2, 0.25) is 0 Å². The number of rotatable bonds is 6. The molecule has 1 heterocycles. The Kier molecular flexibility index (Phi) is 6.44. The summed E-state index contributed by atoms with van der Waals surface area (Å²) in [5.74, 6) is 0.470. The summed E-state index contributed by atoms with van der Waals surface area (Å²) < 4.78 is 0. The van der Waals surface area contributed by atoms with Crippen molar-refractivity contribution in [2.75, 3.05) is 13.1 Å². The van der Waals surface area contributed by atoms with E-state index in [2.05, 4.69) is 55.3 Å². The zero-order valence-electron chi connectivity index (χ0n) is 14.3. The van der Waals surface area contributed by atoms with E-state index in [1.807, 2.05) is 0 Å². The van der Waals surface area contributed by atoms with Crippen LogP contribution in [0.3, 0.4) is 0 Å². The fraction of sp³-hybridized carbons (Fsp3) is 0.632. The molecule has 0 aromatic heterocycles. The molecular formula is C19H30N2O. The predicted molar refractivity (Wildman–Crippen MR) is 91.7 cm³/mol. The van der Waals surface area contributed by atoms with E-state index in [4.69, 9.17) is 0 Å². The minimum atomic E-state index is 0.203. The first-order chi connectivity index (χ1) is 10.6. The first-order valence-electron chi connectivity index (χ1n) is 8.71. The number of piperidine rings is 1. The Hall–Kier alpha value is -1.35. The van der Waals surface area contributed by atoms with Gasteiger partial charge in [-0.1, -0.05) is 38.1 Å². The number of benzene rings is 1. The SMILES string of the molecule is CCC(CC)NC(=O)C1CCN(Cc2ccccc2C)CC1. The number of aryl methyl sites for hydroxylation is 1. The highest BCUT2D eigenvalue weighted by atomic mass is 16.1. The molecule has 0 aliphatic carbocycles. The molecule has 1 aliphatic rings. The molecular weight excluding hydrogens is 272 g/mol. The van der Waals surface area contributed by atoms with Crippen LogP contribution in [0, 0.1) is 12.8 Å². The van der Waals surface area contributed by atoms with E-state index >= 15 is 0 Å². The average molecular weight is 302 g/mol. The molecule has 1 aliphatic heterocycles. The van der Waals surface area contributed by atoms with Gasteiger partial charge in [-0.15, -0.1) is 0 Å². The van der Waals surface area contributed by atoms with Crippen molar-refractivity contribution < 1.29 is 4.79 Å². The predicted octanol–water partition coefficient (Wildman–Crippen LogP) is 3.51. The molecule has 0 radical (unpaired) electrons. The summed E-state index contributed by atoms with van der Waals surface area (Å²) in [5.41, 5.74) is 2.76. The summed E-state index contributed by atoms with van der Waals surface area (Å²) in [6.45, 7) is 9.50. The van der Waals surface area contributed by atoms with Gasteiger partial charge >= 0.3 is 0 Å². The Bertz CT molecular complexity index is 474. The van der Waals surface area contributed by atoms with Crippen LogP contribution in [0.5, 0.6) is 0 Å². The van der Waals surface area contributed by atoms with E-state index in [-0.39, 0.29) is 11.8 Å². The lowest BCUT2D eigenvalue weighted by Crippen LogP contribution is -2.43. The van der Waals surface area contributed by atoms with Gasteiger partial charge in [0.2, 0.25) is 5.91 Å². The first-order valence-corrected chi connectivity index (χ1v) is 8.71. The van der Waals surface area contributed by atoms with Gasteiger partial charge in [0.25, 0.3) is 0 Å². The van der Waals surface area contributed by atoms with E-state index in [0.29, 0.717) is 6.04 Å². The lowest BCUT2D eigenvalue weighted by atomic mass is 9.94. The third-order valence-corrected chi connectivity index (χ3v) is 4.95. The number of carbonyl (C=O) groups is 1. The fourth-order valence-corrected chi connectivity index (χ4v) is 3.19. The standard InChI is InChI=1S/C19H30N2O/c1-4-18(5-2)20-19(22)16-10-12-21(13-11-16)14-17-9-7-6-8-15(17)3/h6-9,16,18H,4-5,10-14H2,1-3H3,(H,20,22). The Morgan fingerprint density at radius 2 is 1.86 bits per heavy atom. The highest BCUT2D eigenvalue weighted by Crippen LogP contribution is 2.20. The quantitative estimate of drug-likeness (QED) is 0.872. The number of nitrogens with zero attached hydrogens (tertiary/aromatic N) is 1. The second-order valence-corrected chi connectivity index (χ2v) is 6.50. The Labute approximate surface area is 135 Å². The lowest BCUT2D eigenvalue weighted by Gasteiger charge is -2.32. The molecule has 0 atom stereocenters. The molecule has 1 aromatic rings. The van der Waals surface area contributed by atoms with Crippen molar-refractivity contribution in [3.05, 3.63) is 35.4 Å². The van der Waals surface area contributed by atoms with Gasteiger partial charge in [0.05, 0.1) is 0 Å². The number of amides is 1. The van der Waals surface area contributed by atoms with E-state index in [0.717, 1.165) is 45.3 Å². The van der Waals surface area contributed by atoms with Gasteiger partial charge in [-0.25, -0.2) is 0 Å². The molecule has 1 saturated heterocycles. The molecule has 22 heavy (non-hydrogen) atoms. The van der Waals surface area contributed by atoms with Gasteiger partial charge in [-0.3, -0.25) is 9.69 Å². The molecule has 0 bridgehead atoms. The summed E-state index contributed by atoms with van der Waals surface area (Å²) in [4.78, 5) is 14.8. The third-order valence-electron chi connectivity index (χ3n) is 4.95. The van der Waals surface area contributed by atoms with Crippen LogP contribution < -0.4 is 5.32 Å². The second kappa shape index (κ2) is 8.33. The summed E-state index contributed by atoms with van der Waals surface area (Å²) >= 11 is 0. The van der Waals surface area contributed by atoms with Crippen molar-refractivity contribution in [1.82, 2.24) is 10.2 Å². The smallest absolute Gasteiger partial charge is 0.223 e. The van der Waals surface area contributed by atoms with Gasteiger partial charge in [-0.2, -0.15) is 0 Å². The van der Waals surface area contributed by atoms with E-state index in [1.165, 1.54) is 11.1 Å². The topological polar surface area (TPSA) is 32.3 Å². The first kappa shape index (κ1) is 17.0. The summed E-state index contributed by atoms with van der Waals surface area (Å²) in [6, 6.07) is 8.93. The third kappa shape index (κ3) is 4.57. The molecule has 3 heteroatoms. The van der Waals surface area contributed by atoms with Crippen molar-refractivity contribution >= 4 is 5.91 Å². The monoisotopic (exact) mass is 302 g/mol. The normalized spacial score (nSPS) is 16.9. The molecule has 1 fully saturated rings. The summed E-state index contributed by atoms with van der Waals surface area (Å²) in [6.07, 6.45) is 4.01. The highest BCUT2D eigenvalue weighted by molar-refractivity contribution is 5.79. The van der Waals surface area contributed by atoms with Crippen molar-refractivity contribution in [1.29, 1.82) is 0 Å². The number of nitrogens with one attached hydrogen (secondary N) is 1. The summed E-state index contributed by atoms with van der Waals surface area (Å²) in [7, 11) is 0. The maximum absolute atomic E-state index is 12.3. The van der Waals surface area contributed by atoms with Crippen LogP contribution >= 0.6 is 0 Å². The number of likely N-dealkylation sites (tertiary alicyclic amines) is 1. The fourth-order valence-electron chi connectivity index (χ4n) is 3.19. The highest BCUT2D eigenvalue weighted by Gasteiger charge is 2.25. The van der Waals surface area contributed by atoms with Crippen LogP contribution in [-0.2, 0) is 11.3 Å². The zero-order valence-corrected chi connectivity index (χ0v) is 14.3. The van der Waals surface area contributed by atoms with Gasteiger partial charge in [0, 0.05) is 18.5 Å². The number of carbonyl (C=O) groups excluding carboxylic acids is 1. The zero-order chi connectivity index (χ0) is 15.9.